The number of H-pyrrole nitrogens is 1. The second-order valence-electron chi connectivity index (χ2n) is 9.88. The van der Waals surface area contributed by atoms with Gasteiger partial charge >= 0.3 is 0 Å². The lowest BCUT2D eigenvalue weighted by molar-refractivity contribution is 0.181. The van der Waals surface area contributed by atoms with Crippen molar-refractivity contribution in [3.63, 3.8) is 0 Å². The van der Waals surface area contributed by atoms with Gasteiger partial charge in [-0.3, -0.25) is 9.69 Å². The number of benzene rings is 2. The largest absolute Gasteiger partial charge is 0.493 e. The fraction of sp³-hybridized carbons (Fsp3) is 0.379. The molecule has 9 nitrogen and oxygen atoms in total. The third kappa shape index (κ3) is 5.50. The molecule has 0 amide bonds. The van der Waals surface area contributed by atoms with Crippen LogP contribution in [0.15, 0.2) is 64.4 Å². The summed E-state index contributed by atoms with van der Waals surface area (Å²) in [6.07, 6.45) is 2.82. The van der Waals surface area contributed by atoms with Crippen LogP contribution < -0.4 is 10.3 Å². The maximum absolute atomic E-state index is 13.7. The van der Waals surface area contributed by atoms with E-state index in [1.165, 1.54) is 9.87 Å². The van der Waals surface area contributed by atoms with Gasteiger partial charge in [0, 0.05) is 45.5 Å². The molecule has 5 rings (SSSR count). The number of aromatic amines is 1. The Morgan fingerprint density at radius 3 is 2.46 bits per heavy atom. The lowest BCUT2D eigenvalue weighted by Crippen LogP contribution is -2.48. The van der Waals surface area contributed by atoms with Crippen LogP contribution in [0.3, 0.4) is 0 Å². The van der Waals surface area contributed by atoms with Crippen molar-refractivity contribution in [3.8, 4) is 17.1 Å². The van der Waals surface area contributed by atoms with Gasteiger partial charge < -0.3 is 14.3 Å². The van der Waals surface area contributed by atoms with Gasteiger partial charge in [-0.05, 0) is 49.6 Å². The van der Waals surface area contributed by atoms with Gasteiger partial charge in [-0.25, -0.2) is 13.4 Å². The van der Waals surface area contributed by atoms with Crippen molar-refractivity contribution in [1.82, 2.24) is 23.7 Å². The molecule has 2 aromatic heterocycles. The Morgan fingerprint density at radius 2 is 1.77 bits per heavy atom. The highest BCUT2D eigenvalue weighted by atomic mass is 32.2. The number of fused-ring (bicyclic) bond motifs is 1. The molecule has 0 bridgehead atoms. The van der Waals surface area contributed by atoms with E-state index in [0.717, 1.165) is 25.1 Å². The highest BCUT2D eigenvalue weighted by Crippen LogP contribution is 2.32. The number of nitrogens with one attached hydrogen (secondary N) is 1. The molecule has 4 aromatic rings. The standard InChI is InChI=1S/C29H35N5O4S/c1-4-13-33-19-21(3)26-28(33)30-27(31-29(26)35)24-18-23(11-12-25(24)38-5-2)39(36,37)34-16-14-32(15-17-34)20-22-9-7-6-8-10-22/h6-12,18-19H,4-5,13-17,20H2,1-3H3,(H,30,31,35). The van der Waals surface area contributed by atoms with Crippen molar-refractivity contribution in [2.75, 3.05) is 32.8 Å². The smallest absolute Gasteiger partial charge is 0.260 e. The molecule has 0 spiro atoms. The van der Waals surface area contributed by atoms with Gasteiger partial charge in [0.2, 0.25) is 10.0 Å². The van der Waals surface area contributed by atoms with E-state index < -0.39 is 10.0 Å². The van der Waals surface area contributed by atoms with Gasteiger partial charge in [-0.15, -0.1) is 0 Å². The number of aromatic nitrogens is 3. The Labute approximate surface area is 229 Å². The summed E-state index contributed by atoms with van der Waals surface area (Å²) in [5.74, 6) is 0.757. The first-order chi connectivity index (χ1) is 18.8. The number of aryl methyl sites for hydroxylation is 2. The molecule has 0 saturated carbocycles. The van der Waals surface area contributed by atoms with Crippen LogP contribution >= 0.6 is 0 Å². The van der Waals surface area contributed by atoms with E-state index in [0.29, 0.717) is 55.1 Å². The monoisotopic (exact) mass is 549 g/mol. The minimum Gasteiger partial charge on any atom is -0.493 e. The van der Waals surface area contributed by atoms with Crippen LogP contribution in [0, 0.1) is 6.92 Å². The zero-order valence-electron chi connectivity index (χ0n) is 22.7. The number of ether oxygens (including phenoxy) is 1. The molecule has 1 aliphatic heterocycles. The van der Waals surface area contributed by atoms with Crippen molar-refractivity contribution in [3.05, 3.63) is 76.2 Å². The molecule has 0 radical (unpaired) electrons. The van der Waals surface area contributed by atoms with Crippen LogP contribution in [-0.4, -0.2) is 64.9 Å². The second kappa shape index (κ2) is 11.3. The molecule has 1 aliphatic rings. The summed E-state index contributed by atoms with van der Waals surface area (Å²) in [4.78, 5) is 23.2. The van der Waals surface area contributed by atoms with Crippen molar-refractivity contribution >= 4 is 21.1 Å². The quantitative estimate of drug-likeness (QED) is 0.339. The minimum absolute atomic E-state index is 0.153. The van der Waals surface area contributed by atoms with Gasteiger partial charge in [0.1, 0.15) is 17.2 Å². The molecule has 2 aromatic carbocycles. The van der Waals surface area contributed by atoms with Crippen LogP contribution in [-0.2, 0) is 23.1 Å². The van der Waals surface area contributed by atoms with Crippen LogP contribution in [0.25, 0.3) is 22.4 Å². The summed E-state index contributed by atoms with van der Waals surface area (Å²) >= 11 is 0. The summed E-state index contributed by atoms with van der Waals surface area (Å²) < 4.78 is 36.7. The van der Waals surface area contributed by atoms with Crippen molar-refractivity contribution in [1.29, 1.82) is 0 Å². The first-order valence-electron chi connectivity index (χ1n) is 13.4. The molecule has 39 heavy (non-hydrogen) atoms. The molecule has 1 saturated heterocycles. The van der Waals surface area contributed by atoms with Crippen molar-refractivity contribution in [2.45, 2.75) is 45.2 Å². The van der Waals surface area contributed by atoms with Crippen molar-refractivity contribution in [2.24, 2.45) is 0 Å². The number of piperazine rings is 1. The first-order valence-corrected chi connectivity index (χ1v) is 14.9. The number of hydrogen-bond donors (Lipinski definition) is 1. The predicted molar refractivity (Wildman–Crippen MR) is 152 cm³/mol. The number of nitrogens with zero attached hydrogens (tertiary/aromatic N) is 4. The molecule has 3 heterocycles. The molecule has 1 fully saturated rings. The van der Waals surface area contributed by atoms with E-state index in [1.54, 1.807) is 18.2 Å². The van der Waals surface area contributed by atoms with Gasteiger partial charge in [-0.1, -0.05) is 37.3 Å². The van der Waals surface area contributed by atoms with E-state index >= 15 is 0 Å². The van der Waals surface area contributed by atoms with Crippen LogP contribution in [0.4, 0.5) is 0 Å². The molecular weight excluding hydrogens is 514 g/mol. The second-order valence-corrected chi connectivity index (χ2v) is 11.8. The fourth-order valence-electron chi connectivity index (χ4n) is 5.18. The van der Waals surface area contributed by atoms with Gasteiger partial charge in [0.05, 0.1) is 22.5 Å². The lowest BCUT2D eigenvalue weighted by Gasteiger charge is -2.34. The number of sulfonamides is 1. The Kier molecular flexibility index (Phi) is 7.88. The Bertz CT molecular complexity index is 1620. The van der Waals surface area contributed by atoms with E-state index in [4.69, 9.17) is 9.72 Å². The lowest BCUT2D eigenvalue weighted by atomic mass is 10.1. The Morgan fingerprint density at radius 1 is 1.03 bits per heavy atom. The van der Waals surface area contributed by atoms with Gasteiger partial charge in [0.15, 0.2) is 0 Å². The van der Waals surface area contributed by atoms with Crippen LogP contribution in [0.2, 0.25) is 0 Å². The van der Waals surface area contributed by atoms with Gasteiger partial charge in [0.25, 0.3) is 5.56 Å². The topological polar surface area (TPSA) is 101 Å². The molecule has 10 heteroatoms. The van der Waals surface area contributed by atoms with E-state index in [1.807, 2.05) is 42.8 Å². The summed E-state index contributed by atoms with van der Waals surface area (Å²) in [6, 6.07) is 15.0. The summed E-state index contributed by atoms with van der Waals surface area (Å²) in [7, 11) is -3.76. The Hall–Kier alpha value is -3.47. The molecule has 0 atom stereocenters. The van der Waals surface area contributed by atoms with Crippen LogP contribution in [0.1, 0.15) is 31.4 Å². The maximum atomic E-state index is 13.7. The number of rotatable bonds is 9. The third-order valence-electron chi connectivity index (χ3n) is 7.10. The minimum atomic E-state index is -3.76. The maximum Gasteiger partial charge on any atom is 0.260 e. The summed E-state index contributed by atoms with van der Waals surface area (Å²) in [6.45, 7) is 9.84. The Balaban J connectivity index is 1.46. The van der Waals surface area contributed by atoms with E-state index in [9.17, 15) is 13.2 Å². The summed E-state index contributed by atoms with van der Waals surface area (Å²) in [5, 5.41) is 0.544. The average molecular weight is 550 g/mol. The highest BCUT2D eigenvalue weighted by molar-refractivity contribution is 7.89. The zero-order valence-corrected chi connectivity index (χ0v) is 23.5. The first kappa shape index (κ1) is 27.1. The molecular formula is C29H35N5O4S. The number of hydrogen-bond acceptors (Lipinski definition) is 6. The molecule has 206 valence electrons. The summed E-state index contributed by atoms with van der Waals surface area (Å²) in [5.41, 5.74) is 2.84. The molecule has 1 N–H and O–H groups in total. The zero-order chi connectivity index (χ0) is 27.6. The third-order valence-corrected chi connectivity index (χ3v) is 9.00. The van der Waals surface area contributed by atoms with E-state index in [-0.39, 0.29) is 16.3 Å². The average Bonchev–Trinajstić information content (AvgIpc) is 3.25. The highest BCUT2D eigenvalue weighted by Gasteiger charge is 2.29. The molecule has 0 aliphatic carbocycles. The fourth-order valence-corrected chi connectivity index (χ4v) is 6.63. The SMILES string of the molecule is CCCn1cc(C)c2c(=O)[nH]c(-c3cc(S(=O)(=O)N4CCN(Cc5ccccc5)CC4)ccc3OCC)nc21. The van der Waals surface area contributed by atoms with Crippen LogP contribution in [0.5, 0.6) is 5.75 Å². The van der Waals surface area contributed by atoms with E-state index in [2.05, 4.69) is 28.9 Å². The normalized spacial score (nSPS) is 15.2. The predicted octanol–water partition coefficient (Wildman–Crippen LogP) is 4.02. The molecule has 0 unspecified atom stereocenters. The van der Waals surface area contributed by atoms with Crippen molar-refractivity contribution < 1.29 is 13.2 Å². The van der Waals surface area contributed by atoms with Gasteiger partial charge in [-0.2, -0.15) is 4.31 Å².